The van der Waals surface area contributed by atoms with Crippen LogP contribution >= 0.6 is 15.9 Å². The largest absolute Gasteiger partial charge is 0.486 e. The van der Waals surface area contributed by atoms with Crippen molar-refractivity contribution in [2.45, 2.75) is 39.1 Å². The molecule has 2 heterocycles. The Morgan fingerprint density at radius 2 is 1.89 bits per heavy atom. The third-order valence-corrected chi connectivity index (χ3v) is 5.04. The molecule has 1 saturated heterocycles. The maximum atomic E-state index is 12.2. The van der Waals surface area contributed by atoms with Crippen LogP contribution in [0.15, 0.2) is 45.3 Å². The minimum atomic E-state index is -0.196. The summed E-state index contributed by atoms with van der Waals surface area (Å²) in [5, 5.41) is 2.92. The number of hydrogen-bond acceptors (Lipinski definition) is 5. The van der Waals surface area contributed by atoms with E-state index in [0.29, 0.717) is 18.1 Å². The molecule has 3 rings (SSSR count). The monoisotopic (exact) mass is 450 g/mol. The predicted molar refractivity (Wildman–Crippen MR) is 111 cm³/mol. The quantitative estimate of drug-likeness (QED) is 0.618. The van der Waals surface area contributed by atoms with Gasteiger partial charge in [0.1, 0.15) is 18.1 Å². The lowest BCUT2D eigenvalue weighted by Gasteiger charge is -2.35. The van der Waals surface area contributed by atoms with Crippen molar-refractivity contribution < 1.29 is 18.7 Å². The topological polar surface area (TPSA) is 63.9 Å². The van der Waals surface area contributed by atoms with E-state index in [-0.39, 0.29) is 24.7 Å². The van der Waals surface area contributed by atoms with E-state index in [0.717, 1.165) is 36.3 Å². The van der Waals surface area contributed by atoms with Crippen molar-refractivity contribution in [2.24, 2.45) is 0 Å². The molecule has 1 fully saturated rings. The average molecular weight is 451 g/mol. The summed E-state index contributed by atoms with van der Waals surface area (Å²) in [4.78, 5) is 14.6. The van der Waals surface area contributed by atoms with Gasteiger partial charge in [-0.2, -0.15) is 0 Å². The number of ether oxygens (including phenoxy) is 2. The maximum absolute atomic E-state index is 12.2. The molecule has 152 valence electrons. The number of nitrogens with zero attached hydrogens (tertiary/aromatic N) is 1. The van der Waals surface area contributed by atoms with E-state index in [1.165, 1.54) is 0 Å². The highest BCUT2D eigenvalue weighted by molar-refractivity contribution is 9.10. The van der Waals surface area contributed by atoms with Crippen molar-refractivity contribution in [1.29, 1.82) is 0 Å². The van der Waals surface area contributed by atoms with E-state index in [4.69, 9.17) is 13.9 Å². The number of halogens is 1. The molecule has 0 aliphatic carbocycles. The highest BCUT2D eigenvalue weighted by Gasteiger charge is 2.21. The van der Waals surface area contributed by atoms with Crippen LogP contribution in [0, 0.1) is 0 Å². The van der Waals surface area contributed by atoms with Gasteiger partial charge in [0.2, 0.25) is 0 Å². The van der Waals surface area contributed by atoms with Crippen LogP contribution in [0.5, 0.6) is 5.75 Å². The average Bonchev–Trinajstić information content (AvgIpc) is 3.13. The molecule has 28 heavy (non-hydrogen) atoms. The molecule has 2 atom stereocenters. The maximum Gasteiger partial charge on any atom is 0.286 e. The van der Waals surface area contributed by atoms with E-state index >= 15 is 0 Å². The van der Waals surface area contributed by atoms with Crippen LogP contribution in [0.4, 0.5) is 0 Å². The Morgan fingerprint density at radius 1 is 1.18 bits per heavy atom. The molecule has 2 unspecified atom stereocenters. The van der Waals surface area contributed by atoms with Crippen LogP contribution in [0.3, 0.4) is 0 Å². The molecular weight excluding hydrogens is 424 g/mol. The van der Waals surface area contributed by atoms with Crippen LogP contribution < -0.4 is 10.1 Å². The fraction of sp³-hybridized carbons (Fsp3) is 0.476. The molecule has 1 aliphatic rings. The number of amides is 1. The smallest absolute Gasteiger partial charge is 0.286 e. The Morgan fingerprint density at radius 3 is 2.61 bits per heavy atom. The highest BCUT2D eigenvalue weighted by atomic mass is 79.9. The molecule has 1 aliphatic heterocycles. The van der Waals surface area contributed by atoms with Crippen LogP contribution in [-0.2, 0) is 11.3 Å². The molecule has 0 radical (unpaired) electrons. The molecule has 1 aromatic heterocycles. The van der Waals surface area contributed by atoms with Crippen LogP contribution in [0.2, 0.25) is 0 Å². The third kappa shape index (κ3) is 6.36. The number of furan rings is 1. The van der Waals surface area contributed by atoms with Gasteiger partial charge in [0, 0.05) is 30.7 Å². The molecule has 0 saturated carbocycles. The van der Waals surface area contributed by atoms with Crippen molar-refractivity contribution in [3.8, 4) is 5.75 Å². The minimum Gasteiger partial charge on any atom is -0.486 e. The van der Waals surface area contributed by atoms with Crippen molar-refractivity contribution in [3.63, 3.8) is 0 Å². The van der Waals surface area contributed by atoms with Gasteiger partial charge in [-0.05, 0) is 56.7 Å². The van der Waals surface area contributed by atoms with Gasteiger partial charge in [0.15, 0.2) is 5.76 Å². The molecule has 1 aromatic carbocycles. The lowest BCUT2D eigenvalue weighted by molar-refractivity contribution is -0.0680. The van der Waals surface area contributed by atoms with Gasteiger partial charge in [0.05, 0.1) is 12.2 Å². The Balaban J connectivity index is 1.37. The van der Waals surface area contributed by atoms with E-state index in [1.54, 1.807) is 12.1 Å². The standard InChI is InChI=1S/C21H27BrN2O4/c1-15-12-24(13-16(2)27-15)11-3-10-23-21(25)20-9-8-19(28-20)14-26-18-6-4-17(22)5-7-18/h4-9,15-16H,3,10-14H2,1-2H3,(H,23,25). The lowest BCUT2D eigenvalue weighted by Crippen LogP contribution is -2.46. The highest BCUT2D eigenvalue weighted by Crippen LogP contribution is 2.18. The molecule has 2 aromatic rings. The molecular formula is C21H27BrN2O4. The Hall–Kier alpha value is -1.83. The van der Waals surface area contributed by atoms with Crippen LogP contribution in [0.1, 0.15) is 36.6 Å². The van der Waals surface area contributed by atoms with Gasteiger partial charge in [-0.1, -0.05) is 15.9 Å². The zero-order chi connectivity index (χ0) is 19.9. The number of benzene rings is 1. The summed E-state index contributed by atoms with van der Waals surface area (Å²) >= 11 is 3.39. The predicted octanol–water partition coefficient (Wildman–Crippen LogP) is 3.85. The fourth-order valence-electron chi connectivity index (χ4n) is 3.32. The van der Waals surface area contributed by atoms with Gasteiger partial charge in [-0.15, -0.1) is 0 Å². The zero-order valence-corrected chi connectivity index (χ0v) is 17.9. The first-order chi connectivity index (χ1) is 13.5. The molecule has 1 amide bonds. The Labute approximate surface area is 174 Å². The third-order valence-electron chi connectivity index (χ3n) is 4.51. The van der Waals surface area contributed by atoms with Crippen molar-refractivity contribution in [2.75, 3.05) is 26.2 Å². The first-order valence-corrected chi connectivity index (χ1v) is 10.4. The summed E-state index contributed by atoms with van der Waals surface area (Å²) in [6, 6.07) is 11.0. The molecule has 6 nitrogen and oxygen atoms in total. The van der Waals surface area contributed by atoms with Gasteiger partial charge in [-0.3, -0.25) is 9.69 Å². The number of hydrogen-bond donors (Lipinski definition) is 1. The second-order valence-corrected chi connectivity index (χ2v) is 8.05. The molecule has 0 spiro atoms. The fourth-order valence-corrected chi connectivity index (χ4v) is 3.59. The van der Waals surface area contributed by atoms with E-state index < -0.39 is 0 Å². The summed E-state index contributed by atoms with van der Waals surface area (Å²) in [5.74, 6) is 1.48. The van der Waals surface area contributed by atoms with Crippen LogP contribution in [0.25, 0.3) is 0 Å². The molecule has 0 bridgehead atoms. The number of carbonyl (C=O) groups excluding carboxylic acids is 1. The minimum absolute atomic E-state index is 0.196. The normalized spacial score (nSPS) is 20.1. The Kier molecular flexibility index (Phi) is 7.53. The zero-order valence-electron chi connectivity index (χ0n) is 16.3. The van der Waals surface area contributed by atoms with Crippen molar-refractivity contribution in [1.82, 2.24) is 10.2 Å². The Bertz CT molecular complexity index is 752. The SMILES string of the molecule is CC1CN(CCCNC(=O)c2ccc(COc3ccc(Br)cc3)o2)CC(C)O1. The van der Waals surface area contributed by atoms with Gasteiger partial charge >= 0.3 is 0 Å². The second kappa shape index (κ2) is 10.1. The first-order valence-electron chi connectivity index (χ1n) is 9.62. The van der Waals surface area contributed by atoms with E-state index in [9.17, 15) is 4.79 Å². The van der Waals surface area contributed by atoms with Crippen molar-refractivity contribution in [3.05, 3.63) is 52.4 Å². The number of morpholine rings is 1. The summed E-state index contributed by atoms with van der Waals surface area (Å²) in [6.45, 7) is 7.92. The second-order valence-electron chi connectivity index (χ2n) is 7.13. The van der Waals surface area contributed by atoms with E-state index in [2.05, 4.69) is 40.0 Å². The number of carbonyl (C=O) groups is 1. The summed E-state index contributed by atoms with van der Waals surface area (Å²) in [5.41, 5.74) is 0. The molecule has 7 heteroatoms. The molecule has 1 N–H and O–H groups in total. The van der Waals surface area contributed by atoms with Crippen molar-refractivity contribution >= 4 is 21.8 Å². The van der Waals surface area contributed by atoms with Gasteiger partial charge in [0.25, 0.3) is 5.91 Å². The van der Waals surface area contributed by atoms with Gasteiger partial charge in [-0.25, -0.2) is 0 Å². The van der Waals surface area contributed by atoms with Crippen LogP contribution in [-0.4, -0.2) is 49.2 Å². The summed E-state index contributed by atoms with van der Waals surface area (Å²) in [7, 11) is 0. The summed E-state index contributed by atoms with van der Waals surface area (Å²) < 4.78 is 18.0. The van der Waals surface area contributed by atoms with Gasteiger partial charge < -0.3 is 19.2 Å². The van der Waals surface area contributed by atoms with E-state index in [1.807, 2.05) is 24.3 Å². The number of nitrogens with one attached hydrogen (secondary N) is 1. The summed E-state index contributed by atoms with van der Waals surface area (Å²) in [6.07, 6.45) is 1.42. The first kappa shape index (κ1) is 20.9. The lowest BCUT2D eigenvalue weighted by atomic mass is 10.2. The number of rotatable bonds is 8.